The normalized spacial score (nSPS) is 12.7. The van der Waals surface area contributed by atoms with Crippen LogP contribution in [-0.4, -0.2) is 21.8 Å². The van der Waals surface area contributed by atoms with E-state index in [0.717, 1.165) is 12.1 Å². The topological polar surface area (TPSA) is 85.2 Å². The fraction of sp³-hybridized carbons (Fsp3) is 0.273. The standard InChI is InChI=1S/C11H11F2N3O2/c12-7-2-1-6(5-8(7)13)10-15-11(18-16-10)9(17)3-4-14/h1-2,5,9,17H,3-4,14H2. The van der Waals surface area contributed by atoms with Gasteiger partial charge in [0, 0.05) is 5.56 Å². The molecular weight excluding hydrogens is 244 g/mol. The number of hydrogen-bond acceptors (Lipinski definition) is 5. The molecule has 0 aliphatic rings. The smallest absolute Gasteiger partial charge is 0.255 e. The van der Waals surface area contributed by atoms with E-state index in [-0.39, 0.29) is 30.2 Å². The first kappa shape index (κ1) is 12.6. The second kappa shape index (κ2) is 5.19. The Kier molecular flexibility index (Phi) is 3.63. The summed E-state index contributed by atoms with van der Waals surface area (Å²) in [5, 5.41) is 13.2. The van der Waals surface area contributed by atoms with E-state index in [9.17, 15) is 13.9 Å². The number of hydrogen-bond donors (Lipinski definition) is 2. The fourth-order valence-corrected chi connectivity index (χ4v) is 1.40. The van der Waals surface area contributed by atoms with Gasteiger partial charge in [0.1, 0.15) is 6.10 Å². The van der Waals surface area contributed by atoms with Gasteiger partial charge in [-0.3, -0.25) is 0 Å². The number of nitrogens with zero attached hydrogens (tertiary/aromatic N) is 2. The molecule has 2 rings (SSSR count). The van der Waals surface area contributed by atoms with Gasteiger partial charge in [0.15, 0.2) is 11.6 Å². The van der Waals surface area contributed by atoms with E-state index in [1.807, 2.05) is 0 Å². The van der Waals surface area contributed by atoms with E-state index in [4.69, 9.17) is 10.3 Å². The lowest BCUT2D eigenvalue weighted by atomic mass is 10.2. The Bertz CT molecular complexity index is 545. The predicted molar refractivity (Wildman–Crippen MR) is 58.3 cm³/mol. The molecule has 0 bridgehead atoms. The second-order valence-electron chi connectivity index (χ2n) is 3.68. The monoisotopic (exact) mass is 255 g/mol. The van der Waals surface area contributed by atoms with Crippen LogP contribution in [0.15, 0.2) is 22.7 Å². The van der Waals surface area contributed by atoms with Crippen molar-refractivity contribution < 1.29 is 18.4 Å². The highest BCUT2D eigenvalue weighted by atomic mass is 19.2. The molecule has 1 unspecified atom stereocenters. The Hall–Kier alpha value is -1.86. The van der Waals surface area contributed by atoms with Crippen molar-refractivity contribution in [1.29, 1.82) is 0 Å². The van der Waals surface area contributed by atoms with Crippen molar-refractivity contribution in [1.82, 2.24) is 10.1 Å². The summed E-state index contributed by atoms with van der Waals surface area (Å²) in [7, 11) is 0. The number of rotatable bonds is 4. The van der Waals surface area contributed by atoms with Gasteiger partial charge in [-0.05, 0) is 31.2 Å². The van der Waals surface area contributed by atoms with Crippen LogP contribution in [0.4, 0.5) is 8.78 Å². The number of aliphatic hydroxyl groups excluding tert-OH is 1. The highest BCUT2D eigenvalue weighted by Crippen LogP contribution is 2.21. The summed E-state index contributed by atoms with van der Waals surface area (Å²) < 4.78 is 30.6. The number of halogens is 2. The third-order valence-corrected chi connectivity index (χ3v) is 2.34. The number of aromatic nitrogens is 2. The van der Waals surface area contributed by atoms with E-state index in [0.29, 0.717) is 0 Å². The van der Waals surface area contributed by atoms with Gasteiger partial charge >= 0.3 is 0 Å². The molecule has 0 aliphatic carbocycles. The van der Waals surface area contributed by atoms with Crippen molar-refractivity contribution in [3.05, 3.63) is 35.7 Å². The highest BCUT2D eigenvalue weighted by Gasteiger charge is 2.16. The molecule has 1 heterocycles. The molecule has 0 saturated carbocycles. The number of nitrogens with two attached hydrogens (primary N) is 1. The first-order valence-corrected chi connectivity index (χ1v) is 5.29. The minimum absolute atomic E-state index is 0.000170. The van der Waals surface area contributed by atoms with Crippen molar-refractivity contribution in [2.75, 3.05) is 6.54 Å². The third kappa shape index (κ3) is 2.52. The third-order valence-electron chi connectivity index (χ3n) is 2.34. The van der Waals surface area contributed by atoms with Gasteiger partial charge in [0.25, 0.3) is 5.89 Å². The summed E-state index contributed by atoms with van der Waals surface area (Å²) in [6.45, 7) is 0.268. The van der Waals surface area contributed by atoms with Gasteiger partial charge in [0.05, 0.1) is 0 Å². The van der Waals surface area contributed by atoms with Crippen molar-refractivity contribution in [2.24, 2.45) is 5.73 Å². The molecule has 0 fully saturated rings. The van der Waals surface area contributed by atoms with Crippen LogP contribution in [-0.2, 0) is 0 Å². The van der Waals surface area contributed by atoms with Crippen LogP contribution in [0.5, 0.6) is 0 Å². The van der Waals surface area contributed by atoms with Gasteiger partial charge in [-0.1, -0.05) is 5.16 Å². The van der Waals surface area contributed by atoms with Gasteiger partial charge in [-0.15, -0.1) is 0 Å². The predicted octanol–water partition coefficient (Wildman–Crippen LogP) is 1.40. The van der Waals surface area contributed by atoms with E-state index >= 15 is 0 Å². The summed E-state index contributed by atoms with van der Waals surface area (Å²) in [5.74, 6) is -1.87. The molecular formula is C11H11F2N3O2. The van der Waals surface area contributed by atoms with Crippen molar-refractivity contribution in [2.45, 2.75) is 12.5 Å². The van der Waals surface area contributed by atoms with Crippen LogP contribution in [0.25, 0.3) is 11.4 Å². The lowest BCUT2D eigenvalue weighted by molar-refractivity contribution is 0.127. The molecule has 0 spiro atoms. The van der Waals surface area contributed by atoms with Gasteiger partial charge in [0.2, 0.25) is 5.82 Å². The summed E-state index contributed by atoms with van der Waals surface area (Å²) in [6.07, 6.45) is -0.680. The van der Waals surface area contributed by atoms with E-state index in [1.54, 1.807) is 0 Å². The summed E-state index contributed by atoms with van der Waals surface area (Å²) in [4.78, 5) is 3.90. The average Bonchev–Trinajstić information content (AvgIpc) is 2.82. The molecule has 96 valence electrons. The number of aliphatic hydroxyl groups is 1. The van der Waals surface area contributed by atoms with Crippen molar-refractivity contribution in [3.8, 4) is 11.4 Å². The first-order chi connectivity index (χ1) is 8.61. The Morgan fingerprint density at radius 2 is 2.11 bits per heavy atom. The molecule has 0 aliphatic heterocycles. The van der Waals surface area contributed by atoms with E-state index < -0.39 is 17.7 Å². The second-order valence-corrected chi connectivity index (χ2v) is 3.68. The quantitative estimate of drug-likeness (QED) is 0.862. The average molecular weight is 255 g/mol. The first-order valence-electron chi connectivity index (χ1n) is 5.29. The van der Waals surface area contributed by atoms with E-state index in [1.165, 1.54) is 6.07 Å². The molecule has 5 nitrogen and oxygen atoms in total. The zero-order chi connectivity index (χ0) is 13.1. The lowest BCUT2D eigenvalue weighted by Crippen LogP contribution is -2.06. The van der Waals surface area contributed by atoms with Crippen LogP contribution in [0.3, 0.4) is 0 Å². The SMILES string of the molecule is NCCC(O)c1nc(-c2ccc(F)c(F)c2)no1. The van der Waals surface area contributed by atoms with Gasteiger partial charge in [-0.25, -0.2) is 8.78 Å². The zero-order valence-electron chi connectivity index (χ0n) is 9.31. The Labute approximate surface area is 101 Å². The Balaban J connectivity index is 2.26. The maximum Gasteiger partial charge on any atom is 0.255 e. The number of benzene rings is 1. The summed E-state index contributed by atoms with van der Waals surface area (Å²) >= 11 is 0. The molecule has 18 heavy (non-hydrogen) atoms. The molecule has 7 heteroatoms. The van der Waals surface area contributed by atoms with Crippen LogP contribution >= 0.6 is 0 Å². The fourth-order valence-electron chi connectivity index (χ4n) is 1.40. The van der Waals surface area contributed by atoms with Crippen LogP contribution in [0.2, 0.25) is 0 Å². The molecule has 1 atom stereocenters. The maximum absolute atomic E-state index is 13.0. The van der Waals surface area contributed by atoms with Crippen LogP contribution < -0.4 is 5.73 Å². The van der Waals surface area contributed by atoms with Gasteiger partial charge in [-0.2, -0.15) is 4.98 Å². The van der Waals surface area contributed by atoms with Crippen LogP contribution in [0.1, 0.15) is 18.4 Å². The largest absolute Gasteiger partial charge is 0.383 e. The molecule has 1 aromatic carbocycles. The molecule has 0 amide bonds. The molecule has 0 saturated heterocycles. The minimum atomic E-state index is -0.999. The molecule has 2 aromatic rings. The van der Waals surface area contributed by atoms with Crippen molar-refractivity contribution in [3.63, 3.8) is 0 Å². The summed E-state index contributed by atoms with van der Waals surface area (Å²) in [5.41, 5.74) is 5.55. The van der Waals surface area contributed by atoms with Crippen molar-refractivity contribution >= 4 is 0 Å². The maximum atomic E-state index is 13.0. The van der Waals surface area contributed by atoms with Gasteiger partial charge < -0.3 is 15.4 Å². The highest BCUT2D eigenvalue weighted by molar-refractivity contribution is 5.54. The van der Waals surface area contributed by atoms with Crippen LogP contribution in [0, 0.1) is 11.6 Å². The zero-order valence-corrected chi connectivity index (χ0v) is 9.31. The minimum Gasteiger partial charge on any atom is -0.383 e. The van der Waals surface area contributed by atoms with E-state index in [2.05, 4.69) is 10.1 Å². The molecule has 0 radical (unpaired) electrons. The Morgan fingerprint density at radius 3 is 2.78 bits per heavy atom. The molecule has 1 aromatic heterocycles. The lowest BCUT2D eigenvalue weighted by Gasteiger charge is -2.01. The Morgan fingerprint density at radius 1 is 1.33 bits per heavy atom. The summed E-state index contributed by atoms with van der Waals surface area (Å²) in [6, 6.07) is 3.25. The molecule has 3 N–H and O–H groups in total.